The van der Waals surface area contributed by atoms with Crippen molar-refractivity contribution in [2.75, 3.05) is 33.3 Å². The van der Waals surface area contributed by atoms with Crippen molar-refractivity contribution in [3.63, 3.8) is 0 Å². The predicted octanol–water partition coefficient (Wildman–Crippen LogP) is 2.59. The van der Waals surface area contributed by atoms with Gasteiger partial charge in [0.1, 0.15) is 22.4 Å². The van der Waals surface area contributed by atoms with E-state index >= 15 is 0 Å². The van der Waals surface area contributed by atoms with Crippen LogP contribution in [0.2, 0.25) is 0 Å². The zero-order chi connectivity index (χ0) is 24.0. The third kappa shape index (κ3) is 6.12. The summed E-state index contributed by atoms with van der Waals surface area (Å²) in [6.07, 6.45) is 2.47. The molecular weight excluding hydrogens is 438 g/mol. The number of aliphatic hydroxyl groups excluding tert-OH is 1. The van der Waals surface area contributed by atoms with Gasteiger partial charge in [0.05, 0.1) is 6.61 Å². The van der Waals surface area contributed by atoms with E-state index in [1.165, 1.54) is 4.31 Å². The summed E-state index contributed by atoms with van der Waals surface area (Å²) in [7, 11) is -1.82. The summed E-state index contributed by atoms with van der Waals surface area (Å²) in [6.45, 7) is 7.44. The molecular formula is C25H33N3O4S. The van der Waals surface area contributed by atoms with Gasteiger partial charge in [-0.05, 0) is 63.2 Å². The van der Waals surface area contributed by atoms with Gasteiger partial charge in [-0.2, -0.15) is 4.31 Å². The van der Waals surface area contributed by atoms with E-state index in [1.807, 2.05) is 32.2 Å². The molecule has 1 N–H and O–H groups in total. The fourth-order valence-electron chi connectivity index (χ4n) is 3.87. The molecule has 1 aromatic heterocycles. The molecule has 0 fully saturated rings. The van der Waals surface area contributed by atoms with Crippen molar-refractivity contribution in [3.05, 3.63) is 53.9 Å². The number of aromatic nitrogens is 1. The van der Waals surface area contributed by atoms with Crippen LogP contribution in [0, 0.1) is 17.8 Å². The van der Waals surface area contributed by atoms with Gasteiger partial charge in [-0.25, -0.2) is 13.4 Å². The maximum atomic E-state index is 13.5. The van der Waals surface area contributed by atoms with E-state index in [1.54, 1.807) is 31.3 Å². The van der Waals surface area contributed by atoms with Crippen molar-refractivity contribution in [3.8, 4) is 17.6 Å². The minimum atomic E-state index is -3.86. The zero-order valence-corrected chi connectivity index (χ0v) is 20.5. The lowest BCUT2D eigenvalue weighted by atomic mass is 10.0. The number of ether oxygens (including phenoxy) is 1. The highest BCUT2D eigenvalue weighted by atomic mass is 32.2. The first-order valence-electron chi connectivity index (χ1n) is 11.3. The lowest BCUT2D eigenvalue weighted by molar-refractivity contribution is 0.0752. The smallest absolute Gasteiger partial charge is 0.247 e. The first-order valence-corrected chi connectivity index (χ1v) is 12.7. The summed E-state index contributed by atoms with van der Waals surface area (Å²) in [6, 6.07) is 9.88. The summed E-state index contributed by atoms with van der Waals surface area (Å²) in [5.74, 6) is 6.27. The van der Waals surface area contributed by atoms with Gasteiger partial charge in [-0.1, -0.05) is 25.8 Å². The number of fused-ring (bicyclic) bond motifs is 1. The highest BCUT2D eigenvalue weighted by Crippen LogP contribution is 2.34. The molecule has 3 atom stereocenters. The number of nitrogens with zero attached hydrogens (tertiary/aromatic N) is 3. The third-order valence-corrected chi connectivity index (χ3v) is 7.78. The maximum Gasteiger partial charge on any atom is 0.247 e. The summed E-state index contributed by atoms with van der Waals surface area (Å²) in [5.41, 5.74) is 1.28. The highest BCUT2D eigenvalue weighted by Gasteiger charge is 2.38. The molecule has 2 heterocycles. The quantitative estimate of drug-likeness (QED) is 0.652. The Morgan fingerprint density at radius 1 is 1.30 bits per heavy atom. The second-order valence-electron chi connectivity index (χ2n) is 8.63. The van der Waals surface area contributed by atoms with Crippen molar-refractivity contribution >= 4 is 10.0 Å². The van der Waals surface area contributed by atoms with Crippen LogP contribution < -0.4 is 4.74 Å². The van der Waals surface area contributed by atoms with Crippen LogP contribution in [-0.2, 0) is 10.0 Å². The summed E-state index contributed by atoms with van der Waals surface area (Å²) in [5, 5.41) is 9.75. The fraction of sp³-hybridized carbons (Fsp3) is 0.480. The summed E-state index contributed by atoms with van der Waals surface area (Å²) < 4.78 is 34.8. The Labute approximate surface area is 197 Å². The third-order valence-electron chi connectivity index (χ3n) is 5.76. The Bertz CT molecular complexity index is 1100. The molecule has 1 aliphatic rings. The minimum Gasteiger partial charge on any atom is -0.487 e. The largest absolute Gasteiger partial charge is 0.487 e. The van der Waals surface area contributed by atoms with Crippen LogP contribution in [0.3, 0.4) is 0 Å². The molecule has 8 heteroatoms. The molecule has 33 heavy (non-hydrogen) atoms. The molecule has 1 aliphatic heterocycles. The van der Waals surface area contributed by atoms with Crippen LogP contribution in [-0.4, -0.2) is 73.1 Å². The van der Waals surface area contributed by atoms with Gasteiger partial charge in [-0.15, -0.1) is 0 Å². The Hall–Kier alpha value is -2.44. The van der Waals surface area contributed by atoms with Crippen LogP contribution in [0.25, 0.3) is 0 Å². The topological polar surface area (TPSA) is 83.0 Å². The van der Waals surface area contributed by atoms with E-state index in [4.69, 9.17) is 4.74 Å². The zero-order valence-electron chi connectivity index (χ0n) is 19.7. The lowest BCUT2D eigenvalue weighted by Crippen LogP contribution is -2.49. The van der Waals surface area contributed by atoms with Gasteiger partial charge in [0, 0.05) is 36.8 Å². The average Bonchev–Trinajstić information content (AvgIpc) is 2.80. The summed E-state index contributed by atoms with van der Waals surface area (Å²) >= 11 is 0. The maximum absolute atomic E-state index is 13.5. The Morgan fingerprint density at radius 3 is 2.76 bits per heavy atom. The van der Waals surface area contributed by atoms with Crippen LogP contribution in [0.1, 0.15) is 38.4 Å². The van der Waals surface area contributed by atoms with E-state index in [2.05, 4.69) is 28.6 Å². The van der Waals surface area contributed by atoms with Gasteiger partial charge in [0.2, 0.25) is 10.0 Å². The van der Waals surface area contributed by atoms with Crippen LogP contribution in [0.5, 0.6) is 5.75 Å². The molecule has 0 amide bonds. The van der Waals surface area contributed by atoms with Gasteiger partial charge in [0.25, 0.3) is 0 Å². The van der Waals surface area contributed by atoms with Gasteiger partial charge >= 0.3 is 0 Å². The van der Waals surface area contributed by atoms with E-state index in [0.29, 0.717) is 23.6 Å². The number of sulfonamides is 1. The molecule has 178 valence electrons. The number of hydrogen-bond acceptors (Lipinski definition) is 6. The number of rotatable bonds is 6. The van der Waals surface area contributed by atoms with Crippen molar-refractivity contribution in [2.24, 2.45) is 5.92 Å². The van der Waals surface area contributed by atoms with E-state index in [0.717, 1.165) is 13.0 Å². The number of likely N-dealkylation sites (N-methyl/N-ethyl adjacent to an activating group) is 1. The van der Waals surface area contributed by atoms with Crippen molar-refractivity contribution in [2.45, 2.75) is 44.2 Å². The standard InChI is InChI=1S/C25H33N3O4S/c1-5-14-27(4)17-24-19(2)16-28(20(3)18-29)33(30,31)25-12-10-21(15-23(25)32-24)9-11-22-8-6-7-13-26-22/h6-8,10,12-13,15,19-20,24,29H,5,14,16-18H2,1-4H3/t19-,20-,24+/m1/s1. The molecule has 2 aromatic rings. The lowest BCUT2D eigenvalue weighted by Gasteiger charge is -2.37. The number of pyridine rings is 1. The molecule has 0 spiro atoms. The molecule has 7 nitrogen and oxygen atoms in total. The Kier molecular flexibility index (Phi) is 8.49. The molecule has 0 bridgehead atoms. The normalized spacial score (nSPS) is 21.2. The van der Waals surface area contributed by atoms with Gasteiger partial charge in [-0.3, -0.25) is 0 Å². The van der Waals surface area contributed by atoms with Crippen LogP contribution in [0.4, 0.5) is 0 Å². The Morgan fingerprint density at radius 2 is 2.09 bits per heavy atom. The van der Waals surface area contributed by atoms with Crippen molar-refractivity contribution in [1.82, 2.24) is 14.2 Å². The molecule has 1 aromatic carbocycles. The van der Waals surface area contributed by atoms with Crippen LogP contribution in [0.15, 0.2) is 47.5 Å². The molecule has 0 radical (unpaired) electrons. The fourth-order valence-corrected chi connectivity index (χ4v) is 5.70. The van der Waals surface area contributed by atoms with Gasteiger partial charge in [0.15, 0.2) is 0 Å². The molecule has 3 rings (SSSR count). The second-order valence-corrected chi connectivity index (χ2v) is 10.5. The van der Waals surface area contributed by atoms with E-state index in [-0.39, 0.29) is 30.1 Å². The average molecular weight is 472 g/mol. The minimum absolute atomic E-state index is 0.0792. The number of benzene rings is 1. The van der Waals surface area contributed by atoms with E-state index < -0.39 is 16.1 Å². The molecule has 0 saturated carbocycles. The second kappa shape index (κ2) is 11.1. The first-order chi connectivity index (χ1) is 15.8. The molecule has 0 unspecified atom stereocenters. The predicted molar refractivity (Wildman–Crippen MR) is 128 cm³/mol. The van der Waals surface area contributed by atoms with Crippen molar-refractivity contribution < 1.29 is 18.3 Å². The SMILES string of the molecule is CCCN(C)C[C@@H]1Oc2cc(C#Cc3ccccn3)ccc2S(=O)(=O)N([C@H](C)CO)C[C@H]1C. The van der Waals surface area contributed by atoms with Crippen LogP contribution >= 0.6 is 0 Å². The molecule has 0 saturated heterocycles. The number of hydrogen-bond donors (Lipinski definition) is 1. The first kappa shape index (κ1) is 25.2. The van der Waals surface area contributed by atoms with Crippen molar-refractivity contribution in [1.29, 1.82) is 0 Å². The van der Waals surface area contributed by atoms with Gasteiger partial charge < -0.3 is 14.7 Å². The monoisotopic (exact) mass is 471 g/mol. The number of aliphatic hydroxyl groups is 1. The Balaban J connectivity index is 2.05. The molecule has 0 aliphatic carbocycles. The van der Waals surface area contributed by atoms with E-state index in [9.17, 15) is 13.5 Å². The highest BCUT2D eigenvalue weighted by molar-refractivity contribution is 7.89. The summed E-state index contributed by atoms with van der Waals surface area (Å²) in [4.78, 5) is 6.50.